The molecule has 0 spiro atoms. The highest BCUT2D eigenvalue weighted by molar-refractivity contribution is 6.06. The molecule has 0 radical (unpaired) electrons. The summed E-state index contributed by atoms with van der Waals surface area (Å²) in [7, 11) is 0. The largest absolute Gasteiger partial charge is 0.489 e. The molecule has 3 rings (SSSR count). The van der Waals surface area contributed by atoms with Gasteiger partial charge in [-0.1, -0.05) is 11.2 Å². The molecule has 0 amide bonds. The Labute approximate surface area is 121 Å². The van der Waals surface area contributed by atoms with Gasteiger partial charge in [-0.25, -0.2) is 4.39 Å². The van der Waals surface area contributed by atoms with Crippen LogP contribution < -0.4 is 9.47 Å². The van der Waals surface area contributed by atoms with E-state index in [9.17, 15) is 4.39 Å². The molecule has 1 aliphatic heterocycles. The third-order valence-corrected chi connectivity index (χ3v) is 3.45. The van der Waals surface area contributed by atoms with Crippen LogP contribution in [0.1, 0.15) is 16.7 Å². The smallest absolute Gasteiger partial charge is 0.134 e. The Kier molecular flexibility index (Phi) is 3.48. The number of oxime groups is 1. The summed E-state index contributed by atoms with van der Waals surface area (Å²) in [6.07, 6.45) is 0. The second kappa shape index (κ2) is 5.44. The van der Waals surface area contributed by atoms with Gasteiger partial charge in [-0.3, -0.25) is 0 Å². The van der Waals surface area contributed by atoms with E-state index < -0.39 is 0 Å². The van der Waals surface area contributed by atoms with Crippen molar-refractivity contribution in [3.63, 3.8) is 0 Å². The van der Waals surface area contributed by atoms with E-state index in [1.165, 1.54) is 12.1 Å². The van der Waals surface area contributed by atoms with Crippen LogP contribution in [0.25, 0.3) is 0 Å². The standard InChI is InChI=1S/C16H14FNO3/c1-10-6-12(17)3-2-11(10)8-20-13-4-5-14-15(18-19)9-21-16(14)7-13/h2-7,19H,8-9H2,1H3/b18-15+. The zero-order valence-electron chi connectivity index (χ0n) is 11.5. The molecule has 0 unspecified atom stereocenters. The predicted octanol–water partition coefficient (Wildman–Crippen LogP) is 3.28. The zero-order chi connectivity index (χ0) is 14.8. The number of ether oxygens (including phenoxy) is 2. The first-order valence-corrected chi connectivity index (χ1v) is 6.53. The Morgan fingerprint density at radius 1 is 1.29 bits per heavy atom. The average Bonchev–Trinajstić information content (AvgIpc) is 2.88. The van der Waals surface area contributed by atoms with Crippen LogP contribution >= 0.6 is 0 Å². The Hall–Kier alpha value is -2.56. The molecule has 2 aromatic carbocycles. The first-order chi connectivity index (χ1) is 10.2. The highest BCUT2D eigenvalue weighted by Gasteiger charge is 2.20. The molecule has 0 saturated carbocycles. The minimum absolute atomic E-state index is 0.252. The van der Waals surface area contributed by atoms with Gasteiger partial charge in [-0.15, -0.1) is 0 Å². The molecule has 0 aliphatic carbocycles. The van der Waals surface area contributed by atoms with Crippen molar-refractivity contribution in [1.82, 2.24) is 0 Å². The van der Waals surface area contributed by atoms with Crippen molar-refractivity contribution < 1.29 is 19.1 Å². The van der Waals surface area contributed by atoms with E-state index in [1.54, 1.807) is 24.3 Å². The van der Waals surface area contributed by atoms with E-state index in [-0.39, 0.29) is 12.4 Å². The molecule has 0 bridgehead atoms. The molecule has 0 atom stereocenters. The molecule has 5 heteroatoms. The van der Waals surface area contributed by atoms with Gasteiger partial charge in [0.2, 0.25) is 0 Å². The Morgan fingerprint density at radius 2 is 2.14 bits per heavy atom. The summed E-state index contributed by atoms with van der Waals surface area (Å²) >= 11 is 0. The van der Waals surface area contributed by atoms with Gasteiger partial charge >= 0.3 is 0 Å². The van der Waals surface area contributed by atoms with Gasteiger partial charge in [-0.05, 0) is 42.3 Å². The summed E-state index contributed by atoms with van der Waals surface area (Å²) in [5, 5.41) is 12.0. The topological polar surface area (TPSA) is 51.0 Å². The van der Waals surface area contributed by atoms with E-state index in [1.807, 2.05) is 6.92 Å². The van der Waals surface area contributed by atoms with Gasteiger partial charge in [0.25, 0.3) is 0 Å². The monoisotopic (exact) mass is 287 g/mol. The Morgan fingerprint density at radius 3 is 2.90 bits per heavy atom. The third kappa shape index (κ3) is 2.67. The lowest BCUT2D eigenvalue weighted by Gasteiger charge is -2.09. The number of aryl methyl sites for hydroxylation is 1. The summed E-state index contributed by atoms with van der Waals surface area (Å²) in [5.74, 6) is 1.03. The maximum absolute atomic E-state index is 13.0. The lowest BCUT2D eigenvalue weighted by Crippen LogP contribution is -2.01. The Bertz CT molecular complexity index is 713. The number of fused-ring (bicyclic) bond motifs is 1. The summed E-state index contributed by atoms with van der Waals surface area (Å²) < 4.78 is 24.2. The molecule has 1 N–H and O–H groups in total. The molecule has 108 valence electrons. The number of hydrogen-bond donors (Lipinski definition) is 1. The van der Waals surface area contributed by atoms with Crippen molar-refractivity contribution >= 4 is 5.71 Å². The van der Waals surface area contributed by atoms with Crippen molar-refractivity contribution in [2.24, 2.45) is 5.16 Å². The molecular weight excluding hydrogens is 273 g/mol. The molecule has 21 heavy (non-hydrogen) atoms. The van der Waals surface area contributed by atoms with Gasteiger partial charge in [0, 0.05) is 11.6 Å². The van der Waals surface area contributed by atoms with Crippen LogP contribution in [0, 0.1) is 12.7 Å². The molecule has 1 heterocycles. The number of benzene rings is 2. The summed E-state index contributed by atoms with van der Waals surface area (Å²) in [6.45, 7) is 2.45. The van der Waals surface area contributed by atoms with Crippen LogP contribution in [-0.2, 0) is 6.61 Å². The lowest BCUT2D eigenvalue weighted by molar-refractivity contribution is 0.302. The number of hydrogen-bond acceptors (Lipinski definition) is 4. The maximum atomic E-state index is 13.0. The molecule has 4 nitrogen and oxygen atoms in total. The van der Waals surface area contributed by atoms with Crippen molar-refractivity contribution in [3.8, 4) is 11.5 Å². The second-order valence-corrected chi connectivity index (χ2v) is 4.85. The van der Waals surface area contributed by atoms with Crippen molar-refractivity contribution in [2.45, 2.75) is 13.5 Å². The first kappa shape index (κ1) is 13.4. The van der Waals surface area contributed by atoms with Gasteiger partial charge in [-0.2, -0.15) is 0 Å². The summed E-state index contributed by atoms with van der Waals surface area (Å²) in [5.41, 5.74) is 3.05. The van der Waals surface area contributed by atoms with E-state index in [0.717, 1.165) is 16.7 Å². The third-order valence-electron chi connectivity index (χ3n) is 3.45. The fourth-order valence-corrected chi connectivity index (χ4v) is 2.24. The van der Waals surface area contributed by atoms with Crippen molar-refractivity contribution in [3.05, 3.63) is 58.9 Å². The molecule has 0 fully saturated rings. The van der Waals surface area contributed by atoms with E-state index >= 15 is 0 Å². The fraction of sp³-hybridized carbons (Fsp3) is 0.188. The van der Waals surface area contributed by atoms with E-state index in [0.29, 0.717) is 23.8 Å². The highest BCUT2D eigenvalue weighted by Crippen LogP contribution is 2.30. The van der Waals surface area contributed by atoms with E-state index in [4.69, 9.17) is 14.7 Å². The van der Waals surface area contributed by atoms with Crippen molar-refractivity contribution in [1.29, 1.82) is 0 Å². The molecule has 0 aromatic heterocycles. The van der Waals surface area contributed by atoms with Crippen LogP contribution in [0.2, 0.25) is 0 Å². The summed E-state index contributed by atoms with van der Waals surface area (Å²) in [4.78, 5) is 0. The Balaban J connectivity index is 1.75. The number of halogens is 1. The summed E-state index contributed by atoms with van der Waals surface area (Å²) in [6, 6.07) is 9.95. The van der Waals surface area contributed by atoms with E-state index in [2.05, 4.69) is 5.16 Å². The quantitative estimate of drug-likeness (QED) is 0.696. The minimum atomic E-state index is -0.252. The minimum Gasteiger partial charge on any atom is -0.489 e. The van der Waals surface area contributed by atoms with Gasteiger partial charge in [0.15, 0.2) is 0 Å². The lowest BCUT2D eigenvalue weighted by atomic mass is 10.1. The molecule has 0 saturated heterocycles. The van der Waals surface area contributed by atoms with Gasteiger partial charge < -0.3 is 14.7 Å². The molecule has 1 aliphatic rings. The van der Waals surface area contributed by atoms with Crippen LogP contribution in [0.5, 0.6) is 11.5 Å². The first-order valence-electron chi connectivity index (χ1n) is 6.53. The van der Waals surface area contributed by atoms with Gasteiger partial charge in [0.1, 0.15) is 36.2 Å². The molecule has 2 aromatic rings. The van der Waals surface area contributed by atoms with Gasteiger partial charge in [0.05, 0.1) is 0 Å². The number of rotatable bonds is 3. The fourth-order valence-electron chi connectivity index (χ4n) is 2.24. The molecular formula is C16H14FNO3. The second-order valence-electron chi connectivity index (χ2n) is 4.85. The average molecular weight is 287 g/mol. The highest BCUT2D eigenvalue weighted by atomic mass is 19.1. The van der Waals surface area contributed by atoms with Crippen molar-refractivity contribution in [2.75, 3.05) is 6.61 Å². The van der Waals surface area contributed by atoms with Crippen LogP contribution in [-0.4, -0.2) is 17.5 Å². The van der Waals surface area contributed by atoms with Crippen LogP contribution in [0.4, 0.5) is 4.39 Å². The predicted molar refractivity (Wildman–Crippen MR) is 75.7 cm³/mol. The number of nitrogens with zero attached hydrogens (tertiary/aromatic N) is 1. The SMILES string of the molecule is Cc1cc(F)ccc1COc1ccc2c(c1)OC/C2=N\O. The van der Waals surface area contributed by atoms with Crippen LogP contribution in [0.3, 0.4) is 0 Å². The van der Waals surface area contributed by atoms with Crippen LogP contribution in [0.15, 0.2) is 41.6 Å². The normalized spacial score (nSPS) is 14.9. The zero-order valence-corrected chi connectivity index (χ0v) is 11.5. The maximum Gasteiger partial charge on any atom is 0.134 e.